The van der Waals surface area contributed by atoms with Gasteiger partial charge in [0.05, 0.1) is 18.7 Å². The Hall–Kier alpha value is -1.72. The van der Waals surface area contributed by atoms with Crippen LogP contribution in [0.3, 0.4) is 0 Å². The Morgan fingerprint density at radius 3 is 2.79 bits per heavy atom. The molecule has 0 spiro atoms. The fraction of sp³-hybridized carbons (Fsp3) is 0.389. The van der Waals surface area contributed by atoms with Crippen LogP contribution < -0.4 is 14.8 Å². The van der Waals surface area contributed by atoms with Gasteiger partial charge in [0.15, 0.2) is 11.5 Å². The summed E-state index contributed by atoms with van der Waals surface area (Å²) in [6.45, 7) is 5.29. The molecule has 0 aliphatic rings. The van der Waals surface area contributed by atoms with Crippen molar-refractivity contribution in [1.82, 2.24) is 5.32 Å². The highest BCUT2D eigenvalue weighted by atomic mass is 35.5. The number of hydrogen-bond acceptors (Lipinski definition) is 4. The Bertz CT molecular complexity index is 671. The second-order valence-electron chi connectivity index (χ2n) is 5.83. The van der Waals surface area contributed by atoms with E-state index in [0.29, 0.717) is 41.2 Å². The fourth-order valence-electron chi connectivity index (χ4n) is 2.07. The number of thiophene rings is 1. The van der Waals surface area contributed by atoms with Crippen molar-refractivity contribution in [2.45, 2.75) is 26.8 Å². The van der Waals surface area contributed by atoms with E-state index in [4.69, 9.17) is 21.1 Å². The third kappa shape index (κ3) is 5.14. The zero-order chi connectivity index (χ0) is 17.5. The highest BCUT2D eigenvalue weighted by molar-refractivity contribution is 7.07. The minimum absolute atomic E-state index is 0.199. The molecule has 24 heavy (non-hydrogen) atoms. The molecule has 0 saturated heterocycles. The van der Waals surface area contributed by atoms with Gasteiger partial charge in [0, 0.05) is 12.1 Å². The Balaban J connectivity index is 2.08. The van der Waals surface area contributed by atoms with Crippen LogP contribution in [0, 0.1) is 5.92 Å². The van der Waals surface area contributed by atoms with Crippen LogP contribution in [0.15, 0.2) is 29.0 Å². The minimum atomic E-state index is -0.199. The molecule has 1 N–H and O–H groups in total. The average molecular weight is 368 g/mol. The lowest BCUT2D eigenvalue weighted by atomic mass is 10.1. The molecule has 130 valence electrons. The second-order valence-corrected chi connectivity index (χ2v) is 7.02. The molecule has 2 aromatic rings. The normalized spacial score (nSPS) is 10.7. The lowest BCUT2D eigenvalue weighted by Crippen LogP contribution is -2.22. The molecule has 1 aromatic heterocycles. The van der Waals surface area contributed by atoms with Gasteiger partial charge in [-0.2, -0.15) is 11.3 Å². The smallest absolute Gasteiger partial charge is 0.251 e. The van der Waals surface area contributed by atoms with Gasteiger partial charge in [-0.1, -0.05) is 25.4 Å². The zero-order valence-electron chi connectivity index (χ0n) is 14.1. The maximum Gasteiger partial charge on any atom is 0.251 e. The molecule has 0 aliphatic carbocycles. The van der Waals surface area contributed by atoms with Crippen molar-refractivity contribution < 1.29 is 14.3 Å². The Labute approximate surface area is 151 Å². The van der Waals surface area contributed by atoms with Crippen molar-refractivity contribution in [3.05, 3.63) is 45.1 Å². The number of ether oxygens (including phenoxy) is 2. The number of methoxy groups -OCH3 is 1. The molecule has 6 heteroatoms. The molecule has 2 rings (SSSR count). The van der Waals surface area contributed by atoms with Crippen LogP contribution in [0.1, 0.15) is 36.2 Å². The van der Waals surface area contributed by atoms with E-state index >= 15 is 0 Å². The molecule has 0 radical (unpaired) electrons. The van der Waals surface area contributed by atoms with Gasteiger partial charge in [-0.05, 0) is 46.9 Å². The lowest BCUT2D eigenvalue weighted by Gasteiger charge is -2.15. The molecule has 0 unspecified atom stereocenters. The van der Waals surface area contributed by atoms with Crippen LogP contribution >= 0.6 is 22.9 Å². The summed E-state index contributed by atoms with van der Waals surface area (Å²) in [4.78, 5) is 12.3. The standard InChI is InChI=1S/C18H22ClNO3S/c1-12(2)4-6-23-17-15(19)8-14(9-16(17)22-3)18(21)20-10-13-5-7-24-11-13/h5,7-9,11-12H,4,6,10H2,1-3H3,(H,20,21). The van der Waals surface area contributed by atoms with Crippen molar-refractivity contribution in [3.8, 4) is 11.5 Å². The summed E-state index contributed by atoms with van der Waals surface area (Å²) in [6.07, 6.45) is 0.919. The van der Waals surface area contributed by atoms with Crippen LogP contribution in [-0.2, 0) is 6.54 Å². The van der Waals surface area contributed by atoms with E-state index < -0.39 is 0 Å². The van der Waals surface area contributed by atoms with E-state index in [0.717, 1.165) is 12.0 Å². The summed E-state index contributed by atoms with van der Waals surface area (Å²) in [5.74, 6) is 1.29. The fourth-order valence-corrected chi connectivity index (χ4v) is 3.00. The number of rotatable bonds is 8. The van der Waals surface area contributed by atoms with Gasteiger partial charge >= 0.3 is 0 Å². The van der Waals surface area contributed by atoms with E-state index in [1.54, 1.807) is 23.5 Å². The third-order valence-corrected chi connectivity index (χ3v) is 4.48. The minimum Gasteiger partial charge on any atom is -0.493 e. The van der Waals surface area contributed by atoms with Crippen LogP contribution in [-0.4, -0.2) is 19.6 Å². The van der Waals surface area contributed by atoms with E-state index in [2.05, 4.69) is 19.2 Å². The van der Waals surface area contributed by atoms with E-state index in [9.17, 15) is 4.79 Å². The predicted octanol–water partition coefficient (Wildman–Crippen LogP) is 4.77. The largest absolute Gasteiger partial charge is 0.493 e. The maximum absolute atomic E-state index is 12.3. The van der Waals surface area contributed by atoms with Gasteiger partial charge in [0.1, 0.15) is 0 Å². The highest BCUT2D eigenvalue weighted by Gasteiger charge is 2.16. The SMILES string of the molecule is COc1cc(C(=O)NCc2ccsc2)cc(Cl)c1OCCC(C)C. The molecule has 1 heterocycles. The van der Waals surface area contributed by atoms with Gasteiger partial charge < -0.3 is 14.8 Å². The first-order valence-electron chi connectivity index (χ1n) is 7.81. The molecule has 1 amide bonds. The molecule has 0 saturated carbocycles. The summed E-state index contributed by atoms with van der Waals surface area (Å²) in [5.41, 5.74) is 1.52. The van der Waals surface area contributed by atoms with Crippen molar-refractivity contribution in [2.24, 2.45) is 5.92 Å². The quantitative estimate of drug-likeness (QED) is 0.731. The Morgan fingerprint density at radius 1 is 1.38 bits per heavy atom. The summed E-state index contributed by atoms with van der Waals surface area (Å²) in [6, 6.07) is 5.24. The van der Waals surface area contributed by atoms with Gasteiger partial charge in [-0.25, -0.2) is 0 Å². The zero-order valence-corrected chi connectivity index (χ0v) is 15.7. The molecule has 1 aromatic carbocycles. The molecule has 0 bridgehead atoms. The number of carbonyl (C=O) groups excluding carboxylic acids is 1. The summed E-state index contributed by atoms with van der Waals surface area (Å²) in [5, 5.41) is 7.22. The van der Waals surface area contributed by atoms with Crippen LogP contribution in [0.5, 0.6) is 11.5 Å². The van der Waals surface area contributed by atoms with Crippen molar-refractivity contribution in [2.75, 3.05) is 13.7 Å². The number of nitrogens with one attached hydrogen (secondary N) is 1. The van der Waals surface area contributed by atoms with E-state index in [1.165, 1.54) is 7.11 Å². The topological polar surface area (TPSA) is 47.6 Å². The first-order valence-corrected chi connectivity index (χ1v) is 9.13. The van der Waals surface area contributed by atoms with E-state index in [1.807, 2.05) is 16.8 Å². The highest BCUT2D eigenvalue weighted by Crippen LogP contribution is 2.36. The molecular formula is C18H22ClNO3S. The first-order chi connectivity index (χ1) is 11.5. The lowest BCUT2D eigenvalue weighted by molar-refractivity contribution is 0.0950. The molecular weight excluding hydrogens is 346 g/mol. The van der Waals surface area contributed by atoms with Crippen LogP contribution in [0.2, 0.25) is 5.02 Å². The van der Waals surface area contributed by atoms with Crippen molar-refractivity contribution in [1.29, 1.82) is 0 Å². The van der Waals surface area contributed by atoms with Crippen LogP contribution in [0.4, 0.5) is 0 Å². The predicted molar refractivity (Wildman–Crippen MR) is 98.4 cm³/mol. The van der Waals surface area contributed by atoms with Gasteiger partial charge in [-0.15, -0.1) is 0 Å². The molecule has 4 nitrogen and oxygen atoms in total. The summed E-state index contributed by atoms with van der Waals surface area (Å²) < 4.78 is 11.1. The Kier molecular flexibility index (Phi) is 6.94. The second kappa shape index (κ2) is 8.94. The van der Waals surface area contributed by atoms with Gasteiger partial charge in [0.2, 0.25) is 0 Å². The van der Waals surface area contributed by atoms with Crippen molar-refractivity contribution >= 4 is 28.8 Å². The number of benzene rings is 1. The number of hydrogen-bond donors (Lipinski definition) is 1. The van der Waals surface area contributed by atoms with Gasteiger partial charge in [0.25, 0.3) is 5.91 Å². The molecule has 0 fully saturated rings. The average Bonchev–Trinajstić information content (AvgIpc) is 3.06. The maximum atomic E-state index is 12.3. The number of carbonyl (C=O) groups is 1. The molecule has 0 aliphatic heterocycles. The molecule has 0 atom stereocenters. The third-order valence-electron chi connectivity index (χ3n) is 3.47. The number of amides is 1. The monoisotopic (exact) mass is 367 g/mol. The first kappa shape index (κ1) is 18.6. The summed E-state index contributed by atoms with van der Waals surface area (Å²) in [7, 11) is 1.54. The Morgan fingerprint density at radius 2 is 2.17 bits per heavy atom. The van der Waals surface area contributed by atoms with Crippen molar-refractivity contribution in [3.63, 3.8) is 0 Å². The van der Waals surface area contributed by atoms with Crippen LogP contribution in [0.25, 0.3) is 0 Å². The van der Waals surface area contributed by atoms with E-state index in [-0.39, 0.29) is 5.91 Å². The van der Waals surface area contributed by atoms with Gasteiger partial charge in [-0.3, -0.25) is 4.79 Å². The number of halogens is 1. The summed E-state index contributed by atoms with van der Waals surface area (Å²) >= 11 is 7.89.